The summed E-state index contributed by atoms with van der Waals surface area (Å²) < 4.78 is 0. The van der Waals surface area contributed by atoms with Crippen LogP contribution in [0.2, 0.25) is 0 Å². The lowest BCUT2D eigenvalue weighted by molar-refractivity contribution is 0.0786. The molecular weight excluding hydrogens is 294 g/mol. The number of imidazole rings is 1. The van der Waals surface area contributed by atoms with Gasteiger partial charge in [-0.2, -0.15) is 0 Å². The van der Waals surface area contributed by atoms with Crippen molar-refractivity contribution in [2.45, 2.75) is 13.5 Å². The van der Waals surface area contributed by atoms with Crippen LogP contribution < -0.4 is 0 Å². The molecule has 3 aromatic rings. The van der Waals surface area contributed by atoms with Crippen LogP contribution in [0.5, 0.6) is 0 Å². The van der Waals surface area contributed by atoms with Crippen LogP contribution in [0.4, 0.5) is 0 Å². The van der Waals surface area contributed by atoms with Gasteiger partial charge >= 0.3 is 0 Å². The first-order chi connectivity index (χ1) is 10.6. The molecule has 0 radical (unpaired) electrons. The first-order valence-corrected chi connectivity index (χ1v) is 7.86. The van der Waals surface area contributed by atoms with Crippen molar-refractivity contribution in [1.82, 2.24) is 14.9 Å². The highest BCUT2D eigenvalue weighted by Crippen LogP contribution is 2.32. The Morgan fingerprint density at radius 2 is 2.09 bits per heavy atom. The number of amides is 1. The second kappa shape index (κ2) is 6.15. The van der Waals surface area contributed by atoms with Crippen molar-refractivity contribution in [3.63, 3.8) is 0 Å². The number of aromatic nitrogens is 2. The third-order valence-corrected chi connectivity index (χ3v) is 4.73. The minimum Gasteiger partial charge on any atom is -0.347 e. The van der Waals surface area contributed by atoms with E-state index in [-0.39, 0.29) is 5.91 Å². The van der Waals surface area contributed by atoms with Crippen LogP contribution in [-0.2, 0) is 6.54 Å². The second-order valence-electron chi connectivity index (χ2n) is 5.19. The molecule has 0 aliphatic carbocycles. The van der Waals surface area contributed by atoms with Crippen LogP contribution >= 0.6 is 11.3 Å². The quantitative estimate of drug-likeness (QED) is 0.798. The van der Waals surface area contributed by atoms with Gasteiger partial charge < -0.3 is 9.88 Å². The molecule has 3 rings (SSSR count). The van der Waals surface area contributed by atoms with E-state index in [1.54, 1.807) is 24.3 Å². The number of thiophene rings is 1. The fraction of sp³-hybridized carbons (Fsp3) is 0.176. The molecule has 0 bridgehead atoms. The van der Waals surface area contributed by atoms with Gasteiger partial charge in [-0.25, -0.2) is 4.98 Å². The van der Waals surface area contributed by atoms with E-state index < -0.39 is 0 Å². The van der Waals surface area contributed by atoms with Crippen molar-refractivity contribution in [1.29, 1.82) is 0 Å². The van der Waals surface area contributed by atoms with Crippen LogP contribution in [0.15, 0.2) is 48.8 Å². The number of nitrogens with one attached hydrogen (secondary N) is 1. The van der Waals surface area contributed by atoms with E-state index in [1.807, 2.05) is 31.2 Å². The van der Waals surface area contributed by atoms with E-state index in [9.17, 15) is 4.79 Å². The molecule has 112 valence electrons. The predicted molar refractivity (Wildman–Crippen MR) is 88.9 cm³/mol. The highest BCUT2D eigenvalue weighted by Gasteiger charge is 2.17. The normalized spacial score (nSPS) is 10.6. The zero-order chi connectivity index (χ0) is 15.5. The number of nitrogens with zero attached hydrogens (tertiary/aromatic N) is 2. The average Bonchev–Trinajstić information content (AvgIpc) is 3.17. The monoisotopic (exact) mass is 311 g/mol. The Morgan fingerprint density at radius 1 is 1.32 bits per heavy atom. The summed E-state index contributed by atoms with van der Waals surface area (Å²) in [5.41, 5.74) is 2.28. The van der Waals surface area contributed by atoms with Crippen LogP contribution in [0.3, 0.4) is 0 Å². The summed E-state index contributed by atoms with van der Waals surface area (Å²) in [5.74, 6) is 0.805. The standard InChI is InChI=1S/C17H17N3OS/c1-12-10-14(22-16(12)13-6-4-3-5-7-13)17(21)20(2)11-15-18-8-9-19-15/h3-10H,11H2,1-2H3,(H,18,19). The summed E-state index contributed by atoms with van der Waals surface area (Å²) in [6, 6.07) is 12.1. The number of hydrogen-bond donors (Lipinski definition) is 1. The largest absolute Gasteiger partial charge is 0.347 e. The molecule has 0 aliphatic heterocycles. The lowest BCUT2D eigenvalue weighted by Gasteiger charge is -2.14. The number of hydrogen-bond acceptors (Lipinski definition) is 3. The predicted octanol–water partition coefficient (Wildman–Crippen LogP) is 3.72. The average molecular weight is 311 g/mol. The highest BCUT2D eigenvalue weighted by molar-refractivity contribution is 7.17. The molecule has 0 fully saturated rings. The van der Waals surface area contributed by atoms with Gasteiger partial charge in [-0.3, -0.25) is 4.79 Å². The first kappa shape index (κ1) is 14.5. The number of aryl methyl sites for hydroxylation is 1. The topological polar surface area (TPSA) is 49.0 Å². The van der Waals surface area contributed by atoms with E-state index in [0.29, 0.717) is 6.54 Å². The molecular formula is C17H17N3OS. The Kier molecular flexibility index (Phi) is 4.06. The van der Waals surface area contributed by atoms with Gasteiger partial charge in [0.2, 0.25) is 0 Å². The lowest BCUT2D eigenvalue weighted by atomic mass is 10.1. The van der Waals surface area contributed by atoms with Crippen molar-refractivity contribution in [2.75, 3.05) is 7.05 Å². The lowest BCUT2D eigenvalue weighted by Crippen LogP contribution is -2.25. The molecule has 1 N–H and O–H groups in total. The summed E-state index contributed by atoms with van der Waals surface area (Å²) in [5, 5.41) is 0. The van der Waals surface area contributed by atoms with Crippen LogP contribution in [-0.4, -0.2) is 27.8 Å². The number of carbonyl (C=O) groups is 1. The number of benzene rings is 1. The molecule has 0 spiro atoms. The molecule has 2 aromatic heterocycles. The molecule has 1 aromatic carbocycles. The van der Waals surface area contributed by atoms with E-state index in [2.05, 4.69) is 22.1 Å². The summed E-state index contributed by atoms with van der Waals surface area (Å²) in [6.45, 7) is 2.52. The number of aromatic amines is 1. The van der Waals surface area contributed by atoms with Gasteiger partial charge in [0, 0.05) is 24.3 Å². The van der Waals surface area contributed by atoms with E-state index in [0.717, 1.165) is 26.7 Å². The summed E-state index contributed by atoms with van der Waals surface area (Å²) >= 11 is 1.54. The molecule has 0 unspecified atom stereocenters. The Hall–Kier alpha value is -2.40. The molecule has 0 saturated carbocycles. The van der Waals surface area contributed by atoms with Gasteiger partial charge in [0.05, 0.1) is 11.4 Å². The van der Waals surface area contributed by atoms with Gasteiger partial charge in [0.25, 0.3) is 5.91 Å². The second-order valence-corrected chi connectivity index (χ2v) is 6.24. The fourth-order valence-electron chi connectivity index (χ4n) is 2.33. The molecule has 5 heteroatoms. The Bertz CT molecular complexity index is 763. The summed E-state index contributed by atoms with van der Waals surface area (Å²) in [4.78, 5) is 23.3. The van der Waals surface area contributed by atoms with Crippen molar-refractivity contribution in [3.8, 4) is 10.4 Å². The number of rotatable bonds is 4. The van der Waals surface area contributed by atoms with E-state index >= 15 is 0 Å². The minimum absolute atomic E-state index is 0.0201. The maximum absolute atomic E-state index is 12.6. The number of carbonyl (C=O) groups excluding carboxylic acids is 1. The Balaban J connectivity index is 1.82. The Labute approximate surface area is 133 Å². The third-order valence-electron chi connectivity index (χ3n) is 3.45. The molecule has 4 nitrogen and oxygen atoms in total. The third kappa shape index (κ3) is 2.94. The molecule has 22 heavy (non-hydrogen) atoms. The maximum atomic E-state index is 12.6. The van der Waals surface area contributed by atoms with Gasteiger partial charge in [0.1, 0.15) is 5.82 Å². The summed E-state index contributed by atoms with van der Waals surface area (Å²) in [7, 11) is 1.79. The van der Waals surface area contributed by atoms with Crippen molar-refractivity contribution in [3.05, 3.63) is 65.1 Å². The molecule has 0 atom stereocenters. The SMILES string of the molecule is Cc1cc(C(=O)N(C)Cc2ncc[nH]2)sc1-c1ccccc1. The van der Waals surface area contributed by atoms with E-state index in [4.69, 9.17) is 0 Å². The van der Waals surface area contributed by atoms with Crippen molar-refractivity contribution >= 4 is 17.2 Å². The molecule has 1 amide bonds. The van der Waals surface area contributed by atoms with Gasteiger partial charge in [-0.15, -0.1) is 11.3 Å². The molecule has 2 heterocycles. The fourth-order valence-corrected chi connectivity index (χ4v) is 3.51. The van der Waals surface area contributed by atoms with Gasteiger partial charge in [-0.1, -0.05) is 30.3 Å². The first-order valence-electron chi connectivity index (χ1n) is 7.04. The molecule has 0 aliphatic rings. The van der Waals surface area contributed by atoms with E-state index in [1.165, 1.54) is 11.3 Å². The maximum Gasteiger partial charge on any atom is 0.264 e. The zero-order valence-electron chi connectivity index (χ0n) is 12.5. The smallest absolute Gasteiger partial charge is 0.264 e. The Morgan fingerprint density at radius 3 is 2.77 bits per heavy atom. The van der Waals surface area contributed by atoms with Crippen molar-refractivity contribution in [2.24, 2.45) is 0 Å². The van der Waals surface area contributed by atoms with Crippen LogP contribution in [0, 0.1) is 6.92 Å². The van der Waals surface area contributed by atoms with Gasteiger partial charge in [-0.05, 0) is 24.1 Å². The zero-order valence-corrected chi connectivity index (χ0v) is 13.4. The van der Waals surface area contributed by atoms with Crippen molar-refractivity contribution < 1.29 is 4.79 Å². The molecule has 0 saturated heterocycles. The van der Waals surface area contributed by atoms with Crippen LogP contribution in [0.1, 0.15) is 21.1 Å². The van der Waals surface area contributed by atoms with Gasteiger partial charge in [0.15, 0.2) is 0 Å². The number of H-pyrrole nitrogens is 1. The summed E-state index contributed by atoms with van der Waals surface area (Å²) in [6.07, 6.45) is 3.45. The minimum atomic E-state index is 0.0201. The highest BCUT2D eigenvalue weighted by atomic mass is 32.1. The van der Waals surface area contributed by atoms with Crippen LogP contribution in [0.25, 0.3) is 10.4 Å².